The number of amides is 1. The van der Waals surface area contributed by atoms with Gasteiger partial charge in [-0.1, -0.05) is 0 Å². The largest absolute Gasteiger partial charge is 0.496 e. The molecule has 0 unspecified atom stereocenters. The van der Waals surface area contributed by atoms with Crippen LogP contribution in [0.4, 0.5) is 5.69 Å². The van der Waals surface area contributed by atoms with Gasteiger partial charge in [0.25, 0.3) is 11.6 Å². The van der Waals surface area contributed by atoms with E-state index in [0.717, 1.165) is 9.35 Å². The number of carbonyl (C=O) groups is 1. The van der Waals surface area contributed by atoms with E-state index in [1.54, 1.807) is 0 Å². The number of nitrogens with zero attached hydrogens (tertiary/aromatic N) is 1. The first-order valence-electron chi connectivity index (χ1n) is 5.85. The molecule has 1 aromatic carbocycles. The van der Waals surface area contributed by atoms with Crippen LogP contribution in [-0.2, 0) is 6.54 Å². The summed E-state index contributed by atoms with van der Waals surface area (Å²) >= 11 is 4.91. The Morgan fingerprint density at radius 3 is 2.81 bits per heavy atom. The summed E-state index contributed by atoms with van der Waals surface area (Å²) in [5.41, 5.74) is 0.139. The first-order chi connectivity index (χ1) is 10.0. The van der Waals surface area contributed by atoms with Crippen molar-refractivity contribution in [2.75, 3.05) is 7.11 Å². The molecule has 21 heavy (non-hydrogen) atoms. The second-order valence-electron chi connectivity index (χ2n) is 4.02. The summed E-state index contributed by atoms with van der Waals surface area (Å²) in [6, 6.07) is 5.79. The molecular formula is C13H11BrN2O4S. The lowest BCUT2D eigenvalue weighted by atomic mass is 10.1. The number of thiophene rings is 1. The zero-order valence-corrected chi connectivity index (χ0v) is 13.4. The molecule has 0 bridgehead atoms. The summed E-state index contributed by atoms with van der Waals surface area (Å²) in [6.45, 7) is 0.372. The highest BCUT2D eigenvalue weighted by Crippen LogP contribution is 2.25. The number of nitrogens with one attached hydrogen (secondary N) is 1. The van der Waals surface area contributed by atoms with Gasteiger partial charge in [0.1, 0.15) is 5.75 Å². The maximum absolute atomic E-state index is 12.1. The molecule has 0 fully saturated rings. The van der Waals surface area contributed by atoms with E-state index in [-0.39, 0.29) is 22.9 Å². The van der Waals surface area contributed by atoms with Crippen LogP contribution < -0.4 is 10.1 Å². The standard InChI is InChI=1S/C13H11BrN2O4S/c1-20-11-6-8(16(18)19)2-3-9(11)13(17)15-7-12-10(14)4-5-21-12/h2-6H,7H2,1H3,(H,15,17). The molecule has 2 rings (SSSR count). The molecule has 1 N–H and O–H groups in total. The van der Waals surface area contributed by atoms with Crippen molar-refractivity contribution in [2.45, 2.75) is 6.54 Å². The quantitative estimate of drug-likeness (QED) is 0.646. The fourth-order valence-corrected chi connectivity index (χ4v) is 3.12. The zero-order chi connectivity index (χ0) is 15.4. The first kappa shape index (κ1) is 15.5. The molecular weight excluding hydrogens is 360 g/mol. The monoisotopic (exact) mass is 370 g/mol. The number of nitro benzene ring substituents is 1. The predicted octanol–water partition coefficient (Wildman–Crippen LogP) is 3.36. The number of non-ortho nitro benzene ring substituents is 1. The molecule has 8 heteroatoms. The van der Waals surface area contributed by atoms with Crippen molar-refractivity contribution in [1.82, 2.24) is 5.32 Å². The second-order valence-corrected chi connectivity index (χ2v) is 5.87. The van der Waals surface area contributed by atoms with Crippen LogP contribution in [0.1, 0.15) is 15.2 Å². The summed E-state index contributed by atoms with van der Waals surface area (Å²) in [5.74, 6) is -0.172. The molecule has 1 aromatic heterocycles. The molecule has 0 spiro atoms. The molecule has 0 radical (unpaired) electrons. The van der Waals surface area contributed by atoms with Crippen LogP contribution in [0.2, 0.25) is 0 Å². The average Bonchev–Trinajstić information content (AvgIpc) is 2.89. The Balaban J connectivity index is 2.15. The lowest BCUT2D eigenvalue weighted by Crippen LogP contribution is -2.23. The number of benzene rings is 1. The third-order valence-electron chi connectivity index (χ3n) is 2.74. The van der Waals surface area contributed by atoms with Gasteiger partial charge in [-0.25, -0.2) is 0 Å². The fourth-order valence-electron chi connectivity index (χ4n) is 1.69. The van der Waals surface area contributed by atoms with E-state index < -0.39 is 4.92 Å². The second kappa shape index (κ2) is 6.68. The van der Waals surface area contributed by atoms with Crippen molar-refractivity contribution in [2.24, 2.45) is 0 Å². The number of hydrogen-bond donors (Lipinski definition) is 1. The van der Waals surface area contributed by atoms with Crippen molar-refractivity contribution < 1.29 is 14.5 Å². The van der Waals surface area contributed by atoms with Crippen LogP contribution in [0.3, 0.4) is 0 Å². The Morgan fingerprint density at radius 1 is 1.48 bits per heavy atom. The van der Waals surface area contributed by atoms with Gasteiger partial charge in [-0.15, -0.1) is 11.3 Å². The summed E-state index contributed by atoms with van der Waals surface area (Å²) in [5, 5.41) is 15.4. The van der Waals surface area contributed by atoms with Gasteiger partial charge in [0.15, 0.2) is 0 Å². The Bertz CT molecular complexity index is 687. The predicted molar refractivity (Wildman–Crippen MR) is 82.8 cm³/mol. The number of hydrogen-bond acceptors (Lipinski definition) is 5. The van der Waals surface area contributed by atoms with Gasteiger partial charge in [0.05, 0.1) is 30.2 Å². The van der Waals surface area contributed by atoms with Crippen molar-refractivity contribution in [3.63, 3.8) is 0 Å². The van der Waals surface area contributed by atoms with E-state index in [1.807, 2.05) is 11.4 Å². The highest BCUT2D eigenvalue weighted by molar-refractivity contribution is 9.10. The first-order valence-corrected chi connectivity index (χ1v) is 7.52. The van der Waals surface area contributed by atoms with Gasteiger partial charge in [0, 0.05) is 15.4 Å². The van der Waals surface area contributed by atoms with E-state index in [1.165, 1.54) is 36.6 Å². The van der Waals surface area contributed by atoms with Gasteiger partial charge in [0.2, 0.25) is 0 Å². The fraction of sp³-hybridized carbons (Fsp3) is 0.154. The van der Waals surface area contributed by atoms with E-state index in [9.17, 15) is 14.9 Å². The molecule has 0 saturated heterocycles. The van der Waals surface area contributed by atoms with E-state index >= 15 is 0 Å². The summed E-state index contributed by atoms with van der Waals surface area (Å²) in [4.78, 5) is 23.3. The van der Waals surface area contributed by atoms with E-state index in [0.29, 0.717) is 6.54 Å². The van der Waals surface area contributed by atoms with Crippen LogP contribution >= 0.6 is 27.3 Å². The summed E-state index contributed by atoms with van der Waals surface area (Å²) in [6.07, 6.45) is 0. The molecule has 0 aliphatic heterocycles. The molecule has 0 atom stereocenters. The Labute approximate surface area is 133 Å². The van der Waals surface area contributed by atoms with Gasteiger partial charge in [-0.05, 0) is 33.4 Å². The lowest BCUT2D eigenvalue weighted by molar-refractivity contribution is -0.384. The molecule has 0 aliphatic carbocycles. The Kier molecular flexibility index (Phi) is 4.92. The van der Waals surface area contributed by atoms with Crippen LogP contribution in [-0.4, -0.2) is 17.9 Å². The summed E-state index contributed by atoms with van der Waals surface area (Å²) in [7, 11) is 1.37. The number of rotatable bonds is 5. The molecule has 6 nitrogen and oxygen atoms in total. The molecule has 110 valence electrons. The SMILES string of the molecule is COc1cc([N+](=O)[O-])ccc1C(=O)NCc1sccc1Br. The zero-order valence-electron chi connectivity index (χ0n) is 11.0. The minimum Gasteiger partial charge on any atom is -0.496 e. The number of carbonyl (C=O) groups excluding carboxylic acids is 1. The van der Waals surface area contributed by atoms with Crippen molar-refractivity contribution >= 4 is 38.9 Å². The number of halogens is 1. The van der Waals surface area contributed by atoms with Crippen LogP contribution in [0.15, 0.2) is 34.1 Å². The van der Waals surface area contributed by atoms with Crippen LogP contribution in [0, 0.1) is 10.1 Å². The minimum absolute atomic E-state index is 0.121. The maximum Gasteiger partial charge on any atom is 0.273 e. The number of methoxy groups -OCH3 is 1. The smallest absolute Gasteiger partial charge is 0.273 e. The number of nitro groups is 1. The maximum atomic E-state index is 12.1. The molecule has 0 saturated carbocycles. The third kappa shape index (κ3) is 3.59. The van der Waals surface area contributed by atoms with Crippen molar-refractivity contribution in [1.29, 1.82) is 0 Å². The van der Waals surface area contributed by atoms with E-state index in [2.05, 4.69) is 21.2 Å². The number of ether oxygens (including phenoxy) is 1. The minimum atomic E-state index is -0.535. The third-order valence-corrected chi connectivity index (χ3v) is 4.67. The van der Waals surface area contributed by atoms with Crippen LogP contribution in [0.25, 0.3) is 0 Å². The lowest BCUT2D eigenvalue weighted by Gasteiger charge is -2.08. The summed E-state index contributed by atoms with van der Waals surface area (Å²) < 4.78 is 5.98. The Morgan fingerprint density at radius 2 is 2.24 bits per heavy atom. The van der Waals surface area contributed by atoms with Crippen molar-refractivity contribution in [3.05, 3.63) is 54.7 Å². The average molecular weight is 371 g/mol. The van der Waals surface area contributed by atoms with E-state index in [4.69, 9.17) is 4.74 Å². The van der Waals surface area contributed by atoms with Crippen molar-refractivity contribution in [3.8, 4) is 5.75 Å². The molecule has 1 heterocycles. The van der Waals surface area contributed by atoms with Gasteiger partial charge < -0.3 is 10.1 Å². The Hall–Kier alpha value is -1.93. The normalized spacial score (nSPS) is 10.2. The highest BCUT2D eigenvalue weighted by atomic mass is 79.9. The molecule has 1 amide bonds. The van der Waals surface area contributed by atoms with Gasteiger partial charge in [-0.2, -0.15) is 0 Å². The topological polar surface area (TPSA) is 81.5 Å². The molecule has 0 aliphatic rings. The van der Waals surface area contributed by atoms with Crippen LogP contribution in [0.5, 0.6) is 5.75 Å². The van der Waals surface area contributed by atoms with Gasteiger partial charge in [-0.3, -0.25) is 14.9 Å². The van der Waals surface area contributed by atoms with Gasteiger partial charge >= 0.3 is 0 Å². The molecule has 2 aromatic rings. The highest BCUT2D eigenvalue weighted by Gasteiger charge is 2.17.